The summed E-state index contributed by atoms with van der Waals surface area (Å²) in [4.78, 5) is 28.1. The van der Waals surface area contributed by atoms with E-state index in [1.165, 1.54) is 21.2 Å². The molecule has 5 nitrogen and oxygen atoms in total. The van der Waals surface area contributed by atoms with Gasteiger partial charge in [-0.05, 0) is 61.9 Å². The summed E-state index contributed by atoms with van der Waals surface area (Å²) < 4.78 is 1.25. The topological polar surface area (TPSA) is 69.6 Å². The lowest BCUT2D eigenvalue weighted by Gasteiger charge is -2.33. The second kappa shape index (κ2) is 10.9. The maximum Gasteiger partial charge on any atom is 0.339 e. The van der Waals surface area contributed by atoms with Crippen LogP contribution in [-0.2, 0) is 9.59 Å². The summed E-state index contributed by atoms with van der Waals surface area (Å²) in [6, 6.07) is 18.2. The first-order chi connectivity index (χ1) is 16.8. The minimum Gasteiger partial charge on any atom is -0.478 e. The van der Waals surface area contributed by atoms with Crippen LogP contribution < -0.4 is 5.32 Å². The average Bonchev–Trinajstić information content (AvgIpc) is 3.29. The van der Waals surface area contributed by atoms with Crippen molar-refractivity contribution in [2.45, 2.75) is 52.0 Å². The molecular formula is C29H32N2O3S. The number of aliphatic carboxylic acids is 1. The predicted octanol–water partition coefficient (Wildman–Crippen LogP) is 7.28. The highest BCUT2D eigenvalue weighted by atomic mass is 32.1. The Morgan fingerprint density at radius 1 is 1.09 bits per heavy atom. The van der Waals surface area contributed by atoms with Crippen LogP contribution >= 0.6 is 11.3 Å². The van der Waals surface area contributed by atoms with Gasteiger partial charge in [-0.1, -0.05) is 56.2 Å². The van der Waals surface area contributed by atoms with Gasteiger partial charge in [0.25, 0.3) is 0 Å². The van der Waals surface area contributed by atoms with Gasteiger partial charge >= 0.3 is 5.97 Å². The van der Waals surface area contributed by atoms with Crippen LogP contribution in [0.15, 0.2) is 78.6 Å². The number of thiophene rings is 1. The van der Waals surface area contributed by atoms with E-state index in [9.17, 15) is 14.7 Å². The molecule has 6 heteroatoms. The molecular weight excluding hydrogens is 456 g/mol. The Hall–Kier alpha value is -3.38. The molecule has 1 aromatic heterocycles. The Balaban J connectivity index is 1.51. The molecule has 0 spiro atoms. The van der Waals surface area contributed by atoms with Crippen LogP contribution in [0, 0.1) is 5.92 Å². The van der Waals surface area contributed by atoms with Crippen molar-refractivity contribution in [3.8, 4) is 10.4 Å². The van der Waals surface area contributed by atoms with E-state index < -0.39 is 5.97 Å². The van der Waals surface area contributed by atoms with Crippen molar-refractivity contribution in [1.29, 1.82) is 0 Å². The lowest BCUT2D eigenvalue weighted by atomic mass is 9.87. The zero-order chi connectivity index (χ0) is 24.9. The number of nitrogens with zero attached hydrogens (tertiary/aromatic N) is 1. The van der Waals surface area contributed by atoms with Gasteiger partial charge in [-0.25, -0.2) is 4.79 Å². The first-order valence-corrected chi connectivity index (χ1v) is 13.0. The third-order valence-electron chi connectivity index (χ3n) is 6.52. The first kappa shape index (κ1) is 24.7. The zero-order valence-electron chi connectivity index (χ0n) is 20.3. The van der Waals surface area contributed by atoms with Crippen LogP contribution in [0.1, 0.15) is 46.0 Å². The summed E-state index contributed by atoms with van der Waals surface area (Å²) in [5, 5.41) is 14.2. The maximum absolute atomic E-state index is 13.2. The van der Waals surface area contributed by atoms with E-state index in [2.05, 4.69) is 30.1 Å². The minimum atomic E-state index is -1.12. The van der Waals surface area contributed by atoms with E-state index >= 15 is 0 Å². The molecule has 2 aromatic carbocycles. The van der Waals surface area contributed by atoms with Crippen LogP contribution in [0.2, 0.25) is 0 Å². The standard InChI is InChI=1S/C29H32N2O3S/c1-19(2)31(28(32)22-9-5-4-6-10-22)20(3)25(29(33)34)18-30-24-15-13-21(14-16-24)27-17-23-11-7-8-12-26(23)35-27/h7-8,11-19,22,30H,3-6,9-10H2,1-2H3,(H,33,34)/b25-18+. The average molecular weight is 489 g/mol. The molecule has 3 aromatic rings. The van der Waals surface area contributed by atoms with Gasteiger partial charge in [0.1, 0.15) is 0 Å². The normalized spacial score (nSPS) is 14.8. The van der Waals surface area contributed by atoms with Gasteiger partial charge in [0.05, 0.1) is 11.3 Å². The van der Waals surface area contributed by atoms with Crippen LogP contribution in [0.3, 0.4) is 0 Å². The van der Waals surface area contributed by atoms with Gasteiger partial charge in [0.2, 0.25) is 5.91 Å². The number of carbonyl (C=O) groups excluding carboxylic acids is 1. The molecule has 1 fully saturated rings. The Bertz CT molecular complexity index is 1220. The molecule has 1 heterocycles. The number of nitrogens with one attached hydrogen (secondary N) is 1. The van der Waals surface area contributed by atoms with E-state index in [4.69, 9.17) is 0 Å². The number of fused-ring (bicyclic) bond motifs is 1. The number of hydrogen-bond acceptors (Lipinski definition) is 4. The fourth-order valence-corrected chi connectivity index (χ4v) is 5.72. The van der Waals surface area contributed by atoms with Crippen molar-refractivity contribution in [2.75, 3.05) is 5.32 Å². The van der Waals surface area contributed by atoms with E-state index in [-0.39, 0.29) is 29.1 Å². The number of carbonyl (C=O) groups is 2. The van der Waals surface area contributed by atoms with Crippen molar-refractivity contribution < 1.29 is 14.7 Å². The van der Waals surface area contributed by atoms with Crippen molar-refractivity contribution in [3.63, 3.8) is 0 Å². The second-order valence-electron chi connectivity index (χ2n) is 9.32. The number of carboxylic acids is 1. The van der Waals surface area contributed by atoms with Gasteiger partial charge in [0.15, 0.2) is 0 Å². The molecule has 0 bridgehead atoms. The molecule has 35 heavy (non-hydrogen) atoms. The van der Waals surface area contributed by atoms with Crippen molar-refractivity contribution in [2.24, 2.45) is 5.92 Å². The SMILES string of the molecule is C=C(/C(=C\Nc1ccc(-c2cc3ccccc3s2)cc1)C(=O)O)N(C(=O)C1CCCCC1)C(C)C. The van der Waals surface area contributed by atoms with Gasteiger partial charge in [0, 0.05) is 33.4 Å². The number of rotatable bonds is 8. The summed E-state index contributed by atoms with van der Waals surface area (Å²) in [5.74, 6) is -1.21. The Kier molecular flexibility index (Phi) is 7.71. The summed E-state index contributed by atoms with van der Waals surface area (Å²) in [7, 11) is 0. The Labute approximate surface area is 210 Å². The van der Waals surface area contributed by atoms with Gasteiger partial charge in [-0.2, -0.15) is 0 Å². The number of hydrogen-bond donors (Lipinski definition) is 2. The summed E-state index contributed by atoms with van der Waals surface area (Å²) >= 11 is 1.74. The summed E-state index contributed by atoms with van der Waals surface area (Å²) in [5.41, 5.74) is 2.07. The van der Waals surface area contributed by atoms with Crippen LogP contribution in [0.25, 0.3) is 20.5 Å². The Morgan fingerprint density at radius 3 is 2.40 bits per heavy atom. The number of carboxylic acid groups (broad SMARTS) is 1. The molecule has 1 saturated carbocycles. The fraction of sp³-hybridized carbons (Fsp3) is 0.310. The van der Waals surface area contributed by atoms with Gasteiger partial charge in [-0.15, -0.1) is 11.3 Å². The molecule has 0 radical (unpaired) electrons. The van der Waals surface area contributed by atoms with E-state index in [0.29, 0.717) is 0 Å². The zero-order valence-corrected chi connectivity index (χ0v) is 21.1. The highest BCUT2D eigenvalue weighted by molar-refractivity contribution is 7.22. The maximum atomic E-state index is 13.2. The summed E-state index contributed by atoms with van der Waals surface area (Å²) in [6.07, 6.45) is 6.36. The molecule has 1 amide bonds. The van der Waals surface area contributed by atoms with Crippen molar-refractivity contribution in [3.05, 3.63) is 78.6 Å². The molecule has 1 aliphatic carbocycles. The van der Waals surface area contributed by atoms with E-state index in [0.717, 1.165) is 43.4 Å². The number of benzene rings is 2. The smallest absolute Gasteiger partial charge is 0.339 e. The van der Waals surface area contributed by atoms with Gasteiger partial charge < -0.3 is 15.3 Å². The van der Waals surface area contributed by atoms with Crippen LogP contribution in [0.5, 0.6) is 0 Å². The molecule has 0 saturated heterocycles. The third kappa shape index (κ3) is 5.65. The largest absolute Gasteiger partial charge is 0.478 e. The highest BCUT2D eigenvalue weighted by Crippen LogP contribution is 2.34. The number of anilines is 1. The monoisotopic (exact) mass is 488 g/mol. The first-order valence-electron chi connectivity index (χ1n) is 12.2. The lowest BCUT2D eigenvalue weighted by molar-refractivity contribution is -0.136. The molecule has 2 N–H and O–H groups in total. The van der Waals surface area contributed by atoms with Crippen molar-refractivity contribution in [1.82, 2.24) is 4.90 Å². The molecule has 0 unspecified atom stereocenters. The predicted molar refractivity (Wildman–Crippen MR) is 144 cm³/mol. The van der Waals surface area contributed by atoms with Crippen LogP contribution in [-0.4, -0.2) is 27.9 Å². The number of amides is 1. The summed E-state index contributed by atoms with van der Waals surface area (Å²) in [6.45, 7) is 7.81. The lowest BCUT2D eigenvalue weighted by Crippen LogP contribution is -2.41. The molecule has 4 rings (SSSR count). The third-order valence-corrected chi connectivity index (χ3v) is 7.68. The molecule has 1 aliphatic rings. The van der Waals surface area contributed by atoms with Crippen molar-refractivity contribution >= 4 is 39.0 Å². The quantitative estimate of drug-likeness (QED) is 0.258. The minimum absolute atomic E-state index is 0.0172. The Morgan fingerprint density at radius 2 is 1.77 bits per heavy atom. The second-order valence-corrected chi connectivity index (χ2v) is 10.4. The fourth-order valence-electron chi connectivity index (χ4n) is 4.65. The highest BCUT2D eigenvalue weighted by Gasteiger charge is 2.31. The molecule has 182 valence electrons. The van der Waals surface area contributed by atoms with Gasteiger partial charge in [-0.3, -0.25) is 4.79 Å². The van der Waals surface area contributed by atoms with E-state index in [1.54, 1.807) is 16.2 Å². The van der Waals surface area contributed by atoms with E-state index in [1.807, 2.05) is 50.2 Å². The molecule has 0 aliphatic heterocycles. The molecule has 0 atom stereocenters. The van der Waals surface area contributed by atoms with Crippen LogP contribution in [0.4, 0.5) is 5.69 Å².